The first-order chi connectivity index (χ1) is 12.8. The average Bonchev–Trinajstić information content (AvgIpc) is 2.64. The van der Waals surface area contributed by atoms with Crippen molar-refractivity contribution in [3.63, 3.8) is 0 Å². The van der Waals surface area contributed by atoms with E-state index in [0.29, 0.717) is 11.3 Å². The van der Waals surface area contributed by atoms with Gasteiger partial charge >= 0.3 is 6.18 Å². The van der Waals surface area contributed by atoms with Crippen molar-refractivity contribution in [1.82, 2.24) is 4.98 Å². The molecule has 0 bridgehead atoms. The zero-order valence-electron chi connectivity index (χ0n) is 14.3. The fourth-order valence-electron chi connectivity index (χ4n) is 2.47. The van der Waals surface area contributed by atoms with Crippen LogP contribution < -0.4 is 10.6 Å². The fourth-order valence-corrected chi connectivity index (χ4v) is 2.47. The lowest BCUT2D eigenvalue weighted by Crippen LogP contribution is -2.13. The number of amides is 1. The topological polar surface area (TPSA) is 54.0 Å². The van der Waals surface area contributed by atoms with Gasteiger partial charge in [-0.3, -0.25) is 9.78 Å². The van der Waals surface area contributed by atoms with Crippen LogP contribution >= 0.6 is 0 Å². The van der Waals surface area contributed by atoms with Crippen LogP contribution in [0.25, 0.3) is 0 Å². The molecule has 1 aromatic heterocycles. The summed E-state index contributed by atoms with van der Waals surface area (Å²) in [6, 6.07) is 13.2. The first-order valence-corrected chi connectivity index (χ1v) is 8.09. The molecule has 0 radical (unpaired) electrons. The average molecular weight is 371 g/mol. The Balaban J connectivity index is 1.80. The van der Waals surface area contributed by atoms with Gasteiger partial charge in [-0.25, -0.2) is 0 Å². The molecular weight excluding hydrogens is 355 g/mol. The number of anilines is 3. The van der Waals surface area contributed by atoms with E-state index in [1.54, 1.807) is 36.7 Å². The number of benzene rings is 2. The van der Waals surface area contributed by atoms with Crippen LogP contribution in [0.2, 0.25) is 0 Å². The van der Waals surface area contributed by atoms with Gasteiger partial charge in [-0.15, -0.1) is 0 Å². The lowest BCUT2D eigenvalue weighted by atomic mass is 10.1. The van der Waals surface area contributed by atoms with Crippen molar-refractivity contribution in [2.75, 3.05) is 10.6 Å². The number of aromatic nitrogens is 1. The Kier molecular flexibility index (Phi) is 5.12. The fraction of sp³-hybridized carbons (Fsp3) is 0.100. The van der Waals surface area contributed by atoms with E-state index in [9.17, 15) is 18.0 Å². The zero-order chi connectivity index (χ0) is 19.4. The van der Waals surface area contributed by atoms with E-state index < -0.39 is 17.6 Å². The van der Waals surface area contributed by atoms with E-state index in [1.165, 1.54) is 12.1 Å². The van der Waals surface area contributed by atoms with Crippen molar-refractivity contribution in [3.8, 4) is 0 Å². The minimum atomic E-state index is -4.47. The van der Waals surface area contributed by atoms with Crippen LogP contribution in [-0.2, 0) is 6.18 Å². The predicted octanol–water partition coefficient (Wildman–Crippen LogP) is 5.40. The molecule has 3 aromatic rings. The van der Waals surface area contributed by atoms with Gasteiger partial charge in [0.05, 0.1) is 17.4 Å². The Labute approximate surface area is 154 Å². The van der Waals surface area contributed by atoms with Gasteiger partial charge in [0.25, 0.3) is 5.91 Å². The number of nitrogens with one attached hydrogen (secondary N) is 2. The first kappa shape index (κ1) is 18.4. The molecule has 3 rings (SSSR count). The maximum Gasteiger partial charge on any atom is 0.416 e. The molecule has 138 valence electrons. The molecule has 0 aliphatic rings. The van der Waals surface area contributed by atoms with Crippen LogP contribution in [0.4, 0.5) is 30.2 Å². The summed E-state index contributed by atoms with van der Waals surface area (Å²) >= 11 is 0. The monoisotopic (exact) mass is 371 g/mol. The van der Waals surface area contributed by atoms with E-state index in [1.807, 2.05) is 13.0 Å². The number of halogens is 3. The maximum atomic E-state index is 12.8. The highest BCUT2D eigenvalue weighted by molar-refractivity contribution is 6.05. The van der Waals surface area contributed by atoms with Gasteiger partial charge in [0.1, 0.15) is 0 Å². The maximum absolute atomic E-state index is 12.8. The number of hydrogen-bond donors (Lipinski definition) is 2. The highest BCUT2D eigenvalue weighted by Gasteiger charge is 2.30. The second-order valence-electron chi connectivity index (χ2n) is 5.93. The molecule has 2 aromatic carbocycles. The summed E-state index contributed by atoms with van der Waals surface area (Å²) in [5.41, 5.74) is 1.97. The minimum Gasteiger partial charge on any atom is -0.354 e. The number of hydrogen-bond acceptors (Lipinski definition) is 3. The quantitative estimate of drug-likeness (QED) is 0.645. The summed E-state index contributed by atoms with van der Waals surface area (Å²) in [6.45, 7) is 1.88. The third-order valence-corrected chi connectivity index (χ3v) is 3.89. The van der Waals surface area contributed by atoms with Crippen LogP contribution in [0.15, 0.2) is 67.0 Å². The first-order valence-electron chi connectivity index (χ1n) is 8.09. The van der Waals surface area contributed by atoms with Crippen LogP contribution in [0.1, 0.15) is 21.5 Å². The third kappa shape index (κ3) is 4.63. The van der Waals surface area contributed by atoms with E-state index >= 15 is 0 Å². The molecule has 0 aliphatic carbocycles. The summed E-state index contributed by atoms with van der Waals surface area (Å²) in [5, 5.41) is 5.67. The molecule has 0 saturated carbocycles. The molecular formula is C20H16F3N3O. The lowest BCUT2D eigenvalue weighted by Gasteiger charge is -2.12. The molecule has 0 fully saturated rings. The number of carbonyl (C=O) groups excluding carboxylic acids is 1. The van der Waals surface area contributed by atoms with Gasteiger partial charge in [0.15, 0.2) is 0 Å². The Hall–Kier alpha value is -3.35. The van der Waals surface area contributed by atoms with Gasteiger partial charge in [-0.1, -0.05) is 12.1 Å². The number of alkyl halides is 3. The summed E-state index contributed by atoms with van der Waals surface area (Å²) < 4.78 is 38.4. The van der Waals surface area contributed by atoms with Gasteiger partial charge in [0, 0.05) is 23.1 Å². The van der Waals surface area contributed by atoms with Crippen molar-refractivity contribution in [1.29, 1.82) is 0 Å². The van der Waals surface area contributed by atoms with Crippen LogP contribution in [-0.4, -0.2) is 10.9 Å². The van der Waals surface area contributed by atoms with Gasteiger partial charge in [0.2, 0.25) is 0 Å². The third-order valence-electron chi connectivity index (χ3n) is 3.89. The predicted molar refractivity (Wildman–Crippen MR) is 98.1 cm³/mol. The Bertz CT molecular complexity index is 956. The highest BCUT2D eigenvalue weighted by Crippen LogP contribution is 2.31. The minimum absolute atomic E-state index is 0.0807. The molecule has 1 amide bonds. The van der Waals surface area contributed by atoms with Gasteiger partial charge < -0.3 is 10.6 Å². The van der Waals surface area contributed by atoms with Crippen LogP contribution in [0.3, 0.4) is 0 Å². The standard InChI is InChI=1S/C20H16F3N3O/c1-13-7-8-14(10-18(13)25-17-6-3-9-24-12-17)19(27)26-16-5-2-4-15(11-16)20(21,22)23/h2-12,25H,1H3,(H,26,27). The Morgan fingerprint density at radius 1 is 1.00 bits per heavy atom. The number of aryl methyl sites for hydroxylation is 1. The molecule has 0 unspecified atom stereocenters. The molecule has 0 aliphatic heterocycles. The Morgan fingerprint density at radius 3 is 2.48 bits per heavy atom. The molecule has 27 heavy (non-hydrogen) atoms. The summed E-state index contributed by atoms with van der Waals surface area (Å²) in [6.07, 6.45) is -1.17. The van der Waals surface area contributed by atoms with E-state index in [4.69, 9.17) is 0 Å². The molecule has 0 atom stereocenters. The molecule has 4 nitrogen and oxygen atoms in total. The smallest absolute Gasteiger partial charge is 0.354 e. The van der Waals surface area contributed by atoms with Crippen LogP contribution in [0, 0.1) is 6.92 Å². The van der Waals surface area contributed by atoms with Crippen LogP contribution in [0.5, 0.6) is 0 Å². The number of nitrogens with zero attached hydrogens (tertiary/aromatic N) is 1. The number of pyridine rings is 1. The second-order valence-corrected chi connectivity index (χ2v) is 5.93. The van der Waals surface area contributed by atoms with E-state index in [0.717, 1.165) is 23.4 Å². The second kappa shape index (κ2) is 7.49. The van der Waals surface area contributed by atoms with Crippen molar-refractivity contribution in [2.45, 2.75) is 13.1 Å². The summed E-state index contributed by atoms with van der Waals surface area (Å²) in [7, 11) is 0. The molecule has 0 saturated heterocycles. The molecule has 1 heterocycles. The van der Waals surface area contributed by atoms with E-state index in [2.05, 4.69) is 15.6 Å². The summed E-state index contributed by atoms with van der Waals surface area (Å²) in [5.74, 6) is -0.497. The summed E-state index contributed by atoms with van der Waals surface area (Å²) in [4.78, 5) is 16.5. The number of carbonyl (C=O) groups is 1. The molecule has 7 heteroatoms. The van der Waals surface area contributed by atoms with Crippen molar-refractivity contribution < 1.29 is 18.0 Å². The molecule has 0 spiro atoms. The van der Waals surface area contributed by atoms with Crippen molar-refractivity contribution in [2.24, 2.45) is 0 Å². The number of rotatable bonds is 4. The molecule has 2 N–H and O–H groups in total. The van der Waals surface area contributed by atoms with E-state index in [-0.39, 0.29) is 5.69 Å². The van der Waals surface area contributed by atoms with Crippen molar-refractivity contribution >= 4 is 23.0 Å². The highest BCUT2D eigenvalue weighted by atomic mass is 19.4. The zero-order valence-corrected chi connectivity index (χ0v) is 14.3. The normalized spacial score (nSPS) is 11.1. The SMILES string of the molecule is Cc1ccc(C(=O)Nc2cccc(C(F)(F)F)c2)cc1Nc1cccnc1. The lowest BCUT2D eigenvalue weighted by molar-refractivity contribution is -0.137. The van der Waals surface area contributed by atoms with Gasteiger partial charge in [-0.2, -0.15) is 13.2 Å². The Morgan fingerprint density at radius 2 is 1.78 bits per heavy atom. The largest absolute Gasteiger partial charge is 0.416 e. The van der Waals surface area contributed by atoms with Gasteiger partial charge in [-0.05, 0) is 55.0 Å². The van der Waals surface area contributed by atoms with Crippen molar-refractivity contribution in [3.05, 3.63) is 83.7 Å².